The molecule has 0 aliphatic heterocycles. The number of halogens is 3. The molecule has 0 saturated heterocycles. The van der Waals surface area contributed by atoms with Crippen molar-refractivity contribution in [3.8, 4) is 11.3 Å². The van der Waals surface area contributed by atoms with Crippen LogP contribution in [0.3, 0.4) is 0 Å². The van der Waals surface area contributed by atoms with E-state index in [9.17, 15) is 13.2 Å². The first kappa shape index (κ1) is 17.0. The summed E-state index contributed by atoms with van der Waals surface area (Å²) >= 11 is 0. The van der Waals surface area contributed by atoms with Gasteiger partial charge in [-0.25, -0.2) is 9.97 Å². The lowest BCUT2D eigenvalue weighted by atomic mass is 10.1. The number of rotatable bonds is 3. The number of anilines is 2. The molecular formula is C20H13F3N4. The number of fused-ring (bicyclic) bond motifs is 1. The standard InChI is InChI=1S/C20H13F3N4/c21-20(22,23)15-5-1-3-13(9-15)18-10-19(26-12-25-18)27-17-6-2-4-14-11-24-8-7-16(14)17/h1-12H,(H,25,26,27). The van der Waals surface area contributed by atoms with Gasteiger partial charge in [0.2, 0.25) is 0 Å². The molecule has 0 atom stereocenters. The summed E-state index contributed by atoms with van der Waals surface area (Å²) < 4.78 is 38.8. The Balaban J connectivity index is 1.69. The van der Waals surface area contributed by atoms with Crippen molar-refractivity contribution in [2.45, 2.75) is 6.18 Å². The van der Waals surface area contributed by atoms with E-state index in [0.717, 1.165) is 28.6 Å². The van der Waals surface area contributed by atoms with Crippen molar-refractivity contribution < 1.29 is 13.2 Å². The van der Waals surface area contributed by atoms with Gasteiger partial charge in [0.1, 0.15) is 12.1 Å². The summed E-state index contributed by atoms with van der Waals surface area (Å²) in [5.41, 5.74) is 0.885. The fraction of sp³-hybridized carbons (Fsp3) is 0.0500. The Bertz CT molecular complexity index is 1100. The number of nitrogens with one attached hydrogen (secondary N) is 1. The smallest absolute Gasteiger partial charge is 0.340 e. The van der Waals surface area contributed by atoms with Crippen molar-refractivity contribution in [1.82, 2.24) is 15.0 Å². The molecule has 0 spiro atoms. The highest BCUT2D eigenvalue weighted by Crippen LogP contribution is 2.32. The summed E-state index contributed by atoms with van der Waals surface area (Å²) in [4.78, 5) is 12.4. The number of alkyl halides is 3. The van der Waals surface area contributed by atoms with Crippen molar-refractivity contribution in [2.24, 2.45) is 0 Å². The number of hydrogen-bond donors (Lipinski definition) is 1. The van der Waals surface area contributed by atoms with Crippen LogP contribution in [-0.4, -0.2) is 15.0 Å². The number of aromatic nitrogens is 3. The molecule has 27 heavy (non-hydrogen) atoms. The van der Waals surface area contributed by atoms with Gasteiger partial charge in [0.25, 0.3) is 0 Å². The third kappa shape index (κ3) is 3.57. The van der Waals surface area contributed by atoms with E-state index in [1.54, 1.807) is 24.5 Å². The lowest BCUT2D eigenvalue weighted by Crippen LogP contribution is -2.04. The van der Waals surface area contributed by atoms with Crippen LogP contribution in [0.1, 0.15) is 5.56 Å². The van der Waals surface area contributed by atoms with Gasteiger partial charge in [-0.05, 0) is 24.3 Å². The first-order valence-corrected chi connectivity index (χ1v) is 8.10. The van der Waals surface area contributed by atoms with Crippen LogP contribution in [0.25, 0.3) is 22.0 Å². The van der Waals surface area contributed by atoms with Gasteiger partial charge in [0.15, 0.2) is 0 Å². The lowest BCUT2D eigenvalue weighted by molar-refractivity contribution is -0.137. The topological polar surface area (TPSA) is 50.7 Å². The van der Waals surface area contributed by atoms with Crippen molar-refractivity contribution >= 4 is 22.3 Å². The molecule has 0 unspecified atom stereocenters. The van der Waals surface area contributed by atoms with Crippen LogP contribution < -0.4 is 5.32 Å². The molecule has 0 bridgehead atoms. The summed E-state index contributed by atoms with van der Waals surface area (Å²) in [6.07, 6.45) is 0.377. The van der Waals surface area contributed by atoms with Crippen LogP contribution >= 0.6 is 0 Å². The zero-order valence-corrected chi connectivity index (χ0v) is 13.9. The molecule has 0 radical (unpaired) electrons. The molecule has 4 nitrogen and oxygen atoms in total. The number of nitrogens with zero attached hydrogens (tertiary/aromatic N) is 3. The fourth-order valence-corrected chi connectivity index (χ4v) is 2.81. The van der Waals surface area contributed by atoms with Gasteiger partial charge in [0.05, 0.1) is 11.3 Å². The van der Waals surface area contributed by atoms with E-state index in [1.165, 1.54) is 12.4 Å². The lowest BCUT2D eigenvalue weighted by Gasteiger charge is -2.11. The Labute approximate surface area is 152 Å². The molecule has 0 aliphatic rings. The highest BCUT2D eigenvalue weighted by molar-refractivity contribution is 5.94. The molecule has 4 rings (SSSR count). The maximum Gasteiger partial charge on any atom is 0.416 e. The minimum Gasteiger partial charge on any atom is -0.340 e. The van der Waals surface area contributed by atoms with E-state index in [4.69, 9.17) is 0 Å². The number of benzene rings is 2. The van der Waals surface area contributed by atoms with Crippen molar-refractivity contribution in [1.29, 1.82) is 0 Å². The maximum atomic E-state index is 12.9. The zero-order valence-electron chi connectivity index (χ0n) is 13.9. The van der Waals surface area contributed by atoms with E-state index in [0.29, 0.717) is 17.1 Å². The maximum absolute atomic E-state index is 12.9. The molecule has 7 heteroatoms. The first-order valence-electron chi connectivity index (χ1n) is 8.10. The molecule has 0 aliphatic carbocycles. The molecule has 4 aromatic rings. The Kier molecular flexibility index (Phi) is 4.19. The van der Waals surface area contributed by atoms with Crippen LogP contribution in [0.2, 0.25) is 0 Å². The van der Waals surface area contributed by atoms with E-state index < -0.39 is 11.7 Å². The molecule has 2 heterocycles. The average molecular weight is 366 g/mol. The largest absolute Gasteiger partial charge is 0.416 e. The minimum atomic E-state index is -4.40. The highest BCUT2D eigenvalue weighted by atomic mass is 19.4. The second-order valence-electron chi connectivity index (χ2n) is 5.89. The van der Waals surface area contributed by atoms with Gasteiger partial charge >= 0.3 is 6.18 Å². The SMILES string of the molecule is FC(F)(F)c1cccc(-c2cc(Nc3cccc4cnccc34)ncn2)c1. The van der Waals surface area contributed by atoms with E-state index >= 15 is 0 Å². The summed E-state index contributed by atoms with van der Waals surface area (Å²) in [6, 6.07) is 14.3. The van der Waals surface area contributed by atoms with Gasteiger partial charge in [-0.1, -0.05) is 24.3 Å². The predicted molar refractivity (Wildman–Crippen MR) is 97.5 cm³/mol. The second kappa shape index (κ2) is 6.68. The van der Waals surface area contributed by atoms with Crippen LogP contribution in [0.15, 0.2) is 73.3 Å². The van der Waals surface area contributed by atoms with Crippen molar-refractivity contribution in [3.63, 3.8) is 0 Å². The molecule has 1 N–H and O–H groups in total. The van der Waals surface area contributed by atoms with E-state index in [2.05, 4.69) is 20.3 Å². The summed E-state index contributed by atoms with van der Waals surface area (Å²) in [5.74, 6) is 0.488. The third-order valence-electron chi connectivity index (χ3n) is 4.10. The molecule has 0 saturated carbocycles. The molecule has 2 aromatic carbocycles. The van der Waals surface area contributed by atoms with Crippen LogP contribution in [0.4, 0.5) is 24.7 Å². The Hall–Kier alpha value is -3.48. The predicted octanol–water partition coefficient (Wildman–Crippen LogP) is 5.45. The number of hydrogen-bond acceptors (Lipinski definition) is 4. The molecule has 0 amide bonds. The van der Waals surface area contributed by atoms with Crippen molar-refractivity contribution in [2.75, 3.05) is 5.32 Å². The van der Waals surface area contributed by atoms with Crippen LogP contribution in [-0.2, 0) is 6.18 Å². The molecule has 2 aromatic heterocycles. The molecule has 0 fully saturated rings. The normalized spacial score (nSPS) is 11.5. The molecule has 134 valence electrons. The van der Waals surface area contributed by atoms with Gasteiger partial charge < -0.3 is 5.32 Å². The fourth-order valence-electron chi connectivity index (χ4n) is 2.81. The zero-order chi connectivity index (χ0) is 18.9. The van der Waals surface area contributed by atoms with E-state index in [1.807, 2.05) is 24.3 Å². The third-order valence-corrected chi connectivity index (χ3v) is 4.10. The summed E-state index contributed by atoms with van der Waals surface area (Å²) in [6.45, 7) is 0. The number of pyridine rings is 1. The average Bonchev–Trinajstić information content (AvgIpc) is 2.68. The van der Waals surface area contributed by atoms with Crippen molar-refractivity contribution in [3.05, 3.63) is 78.9 Å². The monoisotopic (exact) mass is 366 g/mol. The summed E-state index contributed by atoms with van der Waals surface area (Å²) in [5, 5.41) is 5.13. The van der Waals surface area contributed by atoms with Gasteiger partial charge in [0, 0.05) is 40.5 Å². The highest BCUT2D eigenvalue weighted by Gasteiger charge is 2.30. The van der Waals surface area contributed by atoms with Gasteiger partial charge in [-0.3, -0.25) is 4.98 Å². The van der Waals surface area contributed by atoms with Crippen LogP contribution in [0, 0.1) is 0 Å². The Morgan fingerprint density at radius 1 is 0.889 bits per heavy atom. The first-order chi connectivity index (χ1) is 13.0. The minimum absolute atomic E-state index is 0.373. The Morgan fingerprint density at radius 3 is 2.59 bits per heavy atom. The molecular weight excluding hydrogens is 353 g/mol. The summed E-state index contributed by atoms with van der Waals surface area (Å²) in [7, 11) is 0. The quantitative estimate of drug-likeness (QED) is 0.523. The second-order valence-corrected chi connectivity index (χ2v) is 5.89. The van der Waals surface area contributed by atoms with Gasteiger partial charge in [-0.15, -0.1) is 0 Å². The van der Waals surface area contributed by atoms with Crippen LogP contribution in [0.5, 0.6) is 0 Å². The Morgan fingerprint density at radius 2 is 1.74 bits per heavy atom. The van der Waals surface area contributed by atoms with E-state index in [-0.39, 0.29) is 0 Å². The van der Waals surface area contributed by atoms with Gasteiger partial charge in [-0.2, -0.15) is 13.2 Å².